The van der Waals surface area contributed by atoms with E-state index < -0.39 is 11.2 Å². The number of hydrogen-bond acceptors (Lipinski definition) is 6. The zero-order chi connectivity index (χ0) is 22.6. The second-order valence-electron chi connectivity index (χ2n) is 8.97. The number of nitrogens with zero attached hydrogens (tertiary/aromatic N) is 3. The summed E-state index contributed by atoms with van der Waals surface area (Å²) >= 11 is 0. The smallest absolute Gasteiger partial charge is 0.410 e. The maximum Gasteiger partial charge on any atom is 0.410 e. The van der Waals surface area contributed by atoms with Gasteiger partial charge in [0.1, 0.15) is 5.60 Å². The minimum atomic E-state index is -0.926. The Balaban J connectivity index is 2.56. The molecule has 1 unspecified atom stereocenters. The van der Waals surface area contributed by atoms with Gasteiger partial charge in [-0.1, -0.05) is 6.92 Å². The van der Waals surface area contributed by atoms with E-state index >= 15 is 0 Å². The number of amides is 1. The molecule has 1 saturated heterocycles. The van der Waals surface area contributed by atoms with Gasteiger partial charge in [-0.15, -0.1) is 0 Å². The van der Waals surface area contributed by atoms with Gasteiger partial charge in [-0.25, -0.2) is 4.79 Å². The lowest BCUT2D eigenvalue weighted by molar-refractivity contribution is -0.0180. The summed E-state index contributed by atoms with van der Waals surface area (Å²) < 4.78 is 10.8. The number of carbonyl (C=O) groups is 1. The van der Waals surface area contributed by atoms with Crippen molar-refractivity contribution in [2.45, 2.75) is 59.2 Å². The number of ether oxygens (including phenoxy) is 2. The van der Waals surface area contributed by atoms with Crippen LogP contribution in [0, 0.1) is 0 Å². The maximum atomic E-state index is 12.4. The van der Waals surface area contributed by atoms with Crippen molar-refractivity contribution in [2.24, 2.45) is 4.99 Å². The van der Waals surface area contributed by atoms with Crippen molar-refractivity contribution in [3.05, 3.63) is 0 Å². The summed E-state index contributed by atoms with van der Waals surface area (Å²) in [6.45, 7) is 17.7. The third-order valence-corrected chi connectivity index (χ3v) is 4.41. The summed E-state index contributed by atoms with van der Waals surface area (Å²) in [6, 6.07) is 0. The zero-order valence-corrected chi connectivity index (χ0v) is 19.8. The van der Waals surface area contributed by atoms with Gasteiger partial charge < -0.3 is 30.1 Å². The molecule has 1 heterocycles. The van der Waals surface area contributed by atoms with Crippen LogP contribution < -0.4 is 10.6 Å². The van der Waals surface area contributed by atoms with Gasteiger partial charge in [0, 0.05) is 45.8 Å². The Morgan fingerprint density at radius 2 is 1.83 bits per heavy atom. The van der Waals surface area contributed by atoms with E-state index in [-0.39, 0.29) is 12.6 Å². The Morgan fingerprint density at radius 3 is 2.40 bits per heavy atom. The Kier molecular flexibility index (Phi) is 11.4. The molecular weight excluding hydrogens is 386 g/mol. The largest absolute Gasteiger partial charge is 0.444 e. The molecule has 3 N–H and O–H groups in total. The van der Waals surface area contributed by atoms with Crippen molar-refractivity contribution < 1.29 is 19.4 Å². The summed E-state index contributed by atoms with van der Waals surface area (Å²) in [6.07, 6.45) is 0.555. The summed E-state index contributed by atoms with van der Waals surface area (Å²) in [5.74, 6) is 0.625. The highest BCUT2D eigenvalue weighted by atomic mass is 16.6. The number of β-amino-alcohol motifs (C(OH)–C–C–N with tert-alkyl or cyclic N) is 1. The summed E-state index contributed by atoms with van der Waals surface area (Å²) in [4.78, 5) is 20.8. The second-order valence-corrected chi connectivity index (χ2v) is 8.97. The molecule has 9 heteroatoms. The van der Waals surface area contributed by atoms with E-state index in [1.54, 1.807) is 11.8 Å². The second kappa shape index (κ2) is 13.0. The number of aliphatic imine (C=N–C) groups is 1. The predicted octanol–water partition coefficient (Wildman–Crippen LogP) is 1.27. The van der Waals surface area contributed by atoms with Gasteiger partial charge in [-0.3, -0.25) is 9.89 Å². The van der Waals surface area contributed by atoms with E-state index in [0.717, 1.165) is 19.5 Å². The third-order valence-electron chi connectivity index (χ3n) is 4.41. The fourth-order valence-electron chi connectivity index (χ4n) is 3.08. The minimum Gasteiger partial charge on any atom is -0.444 e. The fraction of sp³-hybridized carbons (Fsp3) is 0.905. The Bertz CT molecular complexity index is 528. The molecule has 9 nitrogen and oxygen atoms in total. The van der Waals surface area contributed by atoms with E-state index in [1.165, 1.54) is 0 Å². The Hall–Kier alpha value is -1.58. The summed E-state index contributed by atoms with van der Waals surface area (Å²) in [5.41, 5.74) is -1.44. The van der Waals surface area contributed by atoms with Crippen LogP contribution in [0.1, 0.15) is 48.0 Å². The molecule has 0 aliphatic carbocycles. The molecule has 0 bridgehead atoms. The van der Waals surface area contributed by atoms with E-state index in [1.807, 2.05) is 34.6 Å². The molecule has 0 aromatic rings. The third kappa shape index (κ3) is 11.6. The van der Waals surface area contributed by atoms with Crippen LogP contribution in [0.25, 0.3) is 0 Å². The first-order valence-corrected chi connectivity index (χ1v) is 11.1. The molecular formula is C21H43N5O4. The lowest BCUT2D eigenvalue weighted by Crippen LogP contribution is -2.48. The number of morpholine rings is 1. The lowest BCUT2D eigenvalue weighted by Gasteiger charge is -2.33. The quantitative estimate of drug-likeness (QED) is 0.355. The molecule has 1 aliphatic heterocycles. The molecule has 1 rings (SSSR count). The normalized spacial score (nSPS) is 17.9. The van der Waals surface area contributed by atoms with E-state index in [0.29, 0.717) is 51.9 Å². The van der Waals surface area contributed by atoms with Crippen molar-refractivity contribution in [2.75, 3.05) is 65.6 Å². The molecule has 1 aliphatic rings. The van der Waals surface area contributed by atoms with Gasteiger partial charge in [-0.05, 0) is 41.0 Å². The number of hydrogen-bond donors (Lipinski definition) is 3. The van der Waals surface area contributed by atoms with Crippen LogP contribution >= 0.6 is 0 Å². The van der Waals surface area contributed by atoms with E-state index in [9.17, 15) is 9.90 Å². The number of rotatable bonds is 10. The fourth-order valence-corrected chi connectivity index (χ4v) is 3.08. The summed E-state index contributed by atoms with van der Waals surface area (Å²) in [5, 5.41) is 17.2. The van der Waals surface area contributed by atoms with Gasteiger partial charge in [-0.2, -0.15) is 0 Å². The van der Waals surface area contributed by atoms with Crippen LogP contribution in [-0.4, -0.2) is 104 Å². The van der Waals surface area contributed by atoms with Crippen molar-refractivity contribution in [3.8, 4) is 0 Å². The number of aliphatic hydroxyl groups is 1. The van der Waals surface area contributed by atoms with Crippen molar-refractivity contribution in [1.82, 2.24) is 20.4 Å². The standard InChI is InChI=1S/C21H43N5O4/c1-7-10-26(19(27)30-20(3,4)5)11-9-23-18(22-8-2)24-16-21(6,28)17-25-12-14-29-15-13-25/h28H,7-17H2,1-6H3,(H2,22,23,24). The molecule has 0 spiro atoms. The predicted molar refractivity (Wildman–Crippen MR) is 120 cm³/mol. The van der Waals surface area contributed by atoms with Crippen LogP contribution in [0.2, 0.25) is 0 Å². The molecule has 1 fully saturated rings. The van der Waals surface area contributed by atoms with Crippen molar-refractivity contribution in [1.29, 1.82) is 0 Å². The molecule has 1 amide bonds. The number of carbonyl (C=O) groups excluding carboxylic acids is 1. The summed E-state index contributed by atoms with van der Waals surface area (Å²) in [7, 11) is 0. The molecule has 0 saturated carbocycles. The van der Waals surface area contributed by atoms with Crippen molar-refractivity contribution >= 4 is 12.1 Å². The van der Waals surface area contributed by atoms with E-state index in [4.69, 9.17) is 9.47 Å². The molecule has 30 heavy (non-hydrogen) atoms. The van der Waals surface area contributed by atoms with Gasteiger partial charge in [0.25, 0.3) is 0 Å². The molecule has 1 atom stereocenters. The number of nitrogens with one attached hydrogen (secondary N) is 2. The molecule has 0 radical (unpaired) electrons. The molecule has 0 aromatic heterocycles. The molecule has 0 aromatic carbocycles. The monoisotopic (exact) mass is 429 g/mol. The van der Waals surface area contributed by atoms with Crippen LogP contribution in [0.5, 0.6) is 0 Å². The van der Waals surface area contributed by atoms with Gasteiger partial charge >= 0.3 is 6.09 Å². The first-order chi connectivity index (χ1) is 14.1. The van der Waals surface area contributed by atoms with E-state index in [2.05, 4.69) is 20.5 Å². The van der Waals surface area contributed by atoms with Gasteiger partial charge in [0.2, 0.25) is 0 Å². The average Bonchev–Trinajstić information content (AvgIpc) is 2.64. The average molecular weight is 430 g/mol. The topological polar surface area (TPSA) is 98.7 Å². The highest BCUT2D eigenvalue weighted by Gasteiger charge is 2.25. The SMILES string of the molecule is CCCN(CCNC(=NCC(C)(O)CN1CCOCC1)NCC)C(=O)OC(C)(C)C. The zero-order valence-electron chi connectivity index (χ0n) is 19.8. The minimum absolute atomic E-state index is 0.282. The number of guanidine groups is 1. The highest BCUT2D eigenvalue weighted by molar-refractivity contribution is 5.79. The van der Waals surface area contributed by atoms with Crippen molar-refractivity contribution in [3.63, 3.8) is 0 Å². The Labute approximate surface area is 182 Å². The van der Waals surface area contributed by atoms with Gasteiger partial charge in [0.05, 0.1) is 25.4 Å². The highest BCUT2D eigenvalue weighted by Crippen LogP contribution is 2.11. The van der Waals surface area contributed by atoms with Crippen LogP contribution in [0.3, 0.4) is 0 Å². The van der Waals surface area contributed by atoms with Gasteiger partial charge in [0.15, 0.2) is 5.96 Å². The maximum absolute atomic E-state index is 12.4. The van der Waals surface area contributed by atoms with Crippen LogP contribution in [0.4, 0.5) is 4.79 Å². The molecule has 176 valence electrons. The lowest BCUT2D eigenvalue weighted by atomic mass is 10.1. The van der Waals surface area contributed by atoms with Crippen LogP contribution in [-0.2, 0) is 9.47 Å². The first kappa shape index (κ1) is 26.5. The first-order valence-electron chi connectivity index (χ1n) is 11.1. The van der Waals surface area contributed by atoms with Crippen LogP contribution in [0.15, 0.2) is 4.99 Å². The Morgan fingerprint density at radius 1 is 1.17 bits per heavy atom.